The number of nitro groups is 1. The number of carbonyl (C=O) groups excluding carboxylic acids is 1. The lowest BCUT2D eigenvalue weighted by atomic mass is 10.1. The van der Waals surface area contributed by atoms with E-state index < -0.39 is 33.7 Å². The Morgan fingerprint density at radius 1 is 1.24 bits per heavy atom. The minimum Gasteiger partial charge on any atom is -0.342 e. The maximum atomic E-state index is 13.9. The summed E-state index contributed by atoms with van der Waals surface area (Å²) in [6.07, 6.45) is 0.647. The van der Waals surface area contributed by atoms with E-state index in [0.29, 0.717) is 25.1 Å². The van der Waals surface area contributed by atoms with Crippen LogP contribution in [0.2, 0.25) is 0 Å². The van der Waals surface area contributed by atoms with E-state index in [4.69, 9.17) is 0 Å². The maximum absolute atomic E-state index is 13.9. The first-order chi connectivity index (χ1) is 9.73. The van der Waals surface area contributed by atoms with Crippen molar-refractivity contribution in [3.05, 3.63) is 39.4 Å². The Hall–Kier alpha value is -2.09. The van der Waals surface area contributed by atoms with Gasteiger partial charge in [-0.15, -0.1) is 0 Å². The quantitative estimate of drug-likeness (QED) is 0.594. The Morgan fingerprint density at radius 3 is 2.38 bits per heavy atom. The van der Waals surface area contributed by atoms with Crippen molar-refractivity contribution in [2.45, 2.75) is 6.42 Å². The van der Waals surface area contributed by atoms with Gasteiger partial charge in [-0.2, -0.15) is 4.39 Å². The van der Waals surface area contributed by atoms with Gasteiger partial charge in [-0.3, -0.25) is 14.9 Å². The summed E-state index contributed by atoms with van der Waals surface area (Å²) in [6, 6.07) is 1.13. The molecule has 1 aromatic carbocycles. The SMILES string of the molecule is CN(C)CCCN(C)C(=O)c1cc(F)cc([N+](=O)[O-])c1F. The lowest BCUT2D eigenvalue weighted by Crippen LogP contribution is -2.30. The van der Waals surface area contributed by atoms with E-state index in [1.807, 2.05) is 19.0 Å². The fraction of sp³-hybridized carbons (Fsp3) is 0.462. The lowest BCUT2D eigenvalue weighted by Gasteiger charge is -2.18. The largest absolute Gasteiger partial charge is 0.342 e. The van der Waals surface area contributed by atoms with Crippen LogP contribution in [-0.4, -0.2) is 54.9 Å². The molecule has 0 fully saturated rings. The van der Waals surface area contributed by atoms with Gasteiger partial charge < -0.3 is 9.80 Å². The smallest absolute Gasteiger partial charge is 0.308 e. The van der Waals surface area contributed by atoms with Crippen LogP contribution in [-0.2, 0) is 0 Å². The Bertz CT molecular complexity index is 550. The van der Waals surface area contributed by atoms with Crippen molar-refractivity contribution in [1.82, 2.24) is 9.80 Å². The Kier molecular flexibility index (Phi) is 5.71. The predicted octanol–water partition coefficient (Wildman–Crippen LogP) is 1.90. The van der Waals surface area contributed by atoms with Crippen molar-refractivity contribution in [2.75, 3.05) is 34.2 Å². The molecule has 0 unspecified atom stereocenters. The van der Waals surface area contributed by atoms with Crippen molar-refractivity contribution in [1.29, 1.82) is 0 Å². The van der Waals surface area contributed by atoms with Gasteiger partial charge in [0, 0.05) is 13.6 Å². The highest BCUT2D eigenvalue weighted by molar-refractivity contribution is 5.95. The minimum absolute atomic E-state index is 0.334. The second kappa shape index (κ2) is 7.07. The summed E-state index contributed by atoms with van der Waals surface area (Å²) in [5.74, 6) is -3.12. The van der Waals surface area contributed by atoms with Gasteiger partial charge in [0.2, 0.25) is 5.82 Å². The third-order valence-electron chi connectivity index (χ3n) is 2.89. The molecule has 8 heteroatoms. The standard InChI is InChI=1S/C13H17F2N3O3/c1-16(2)5-4-6-17(3)13(19)10-7-9(14)8-11(12(10)15)18(20)21/h7-8H,4-6H2,1-3H3. The number of halogens is 2. The van der Waals surface area contributed by atoms with Crippen molar-refractivity contribution >= 4 is 11.6 Å². The van der Waals surface area contributed by atoms with Crippen LogP contribution in [0.4, 0.5) is 14.5 Å². The summed E-state index contributed by atoms with van der Waals surface area (Å²) in [4.78, 5) is 24.8. The highest BCUT2D eigenvalue weighted by atomic mass is 19.1. The number of hydrogen-bond donors (Lipinski definition) is 0. The zero-order valence-corrected chi connectivity index (χ0v) is 12.1. The first-order valence-electron chi connectivity index (χ1n) is 6.27. The molecule has 0 aliphatic heterocycles. The molecule has 0 spiro atoms. The van der Waals surface area contributed by atoms with E-state index in [9.17, 15) is 23.7 Å². The highest BCUT2D eigenvalue weighted by Crippen LogP contribution is 2.23. The van der Waals surface area contributed by atoms with Crippen molar-refractivity contribution in [3.63, 3.8) is 0 Å². The Labute approximate surface area is 121 Å². The van der Waals surface area contributed by atoms with E-state index in [2.05, 4.69) is 0 Å². The molecule has 0 bridgehead atoms. The second-order valence-electron chi connectivity index (χ2n) is 4.93. The topological polar surface area (TPSA) is 66.7 Å². The molecule has 0 aromatic heterocycles. The molecule has 21 heavy (non-hydrogen) atoms. The van der Waals surface area contributed by atoms with Crippen LogP contribution < -0.4 is 0 Å². The van der Waals surface area contributed by atoms with E-state index in [1.165, 1.54) is 11.9 Å². The van der Waals surface area contributed by atoms with Gasteiger partial charge in [0.1, 0.15) is 5.82 Å². The average Bonchev–Trinajstić information content (AvgIpc) is 2.39. The summed E-state index contributed by atoms with van der Waals surface area (Å²) >= 11 is 0. The van der Waals surface area contributed by atoms with Crippen molar-refractivity contribution in [2.24, 2.45) is 0 Å². The van der Waals surface area contributed by atoms with Crippen LogP contribution in [0.25, 0.3) is 0 Å². The third kappa shape index (κ3) is 4.45. The normalized spacial score (nSPS) is 10.8. The van der Waals surface area contributed by atoms with Gasteiger partial charge in [-0.1, -0.05) is 0 Å². The van der Waals surface area contributed by atoms with Crippen LogP contribution in [0.5, 0.6) is 0 Å². The van der Waals surface area contributed by atoms with Crippen molar-refractivity contribution in [3.8, 4) is 0 Å². The molecule has 1 aromatic rings. The average molecular weight is 301 g/mol. The number of hydrogen-bond acceptors (Lipinski definition) is 4. The fourth-order valence-electron chi connectivity index (χ4n) is 1.79. The molecule has 0 saturated carbocycles. The van der Waals surface area contributed by atoms with Gasteiger partial charge in [0.05, 0.1) is 16.6 Å². The molecule has 6 nitrogen and oxygen atoms in total. The van der Waals surface area contributed by atoms with Crippen LogP contribution >= 0.6 is 0 Å². The first kappa shape index (κ1) is 17.0. The number of nitro benzene ring substituents is 1. The van der Waals surface area contributed by atoms with Gasteiger partial charge in [-0.25, -0.2) is 4.39 Å². The highest BCUT2D eigenvalue weighted by Gasteiger charge is 2.25. The fourth-order valence-corrected chi connectivity index (χ4v) is 1.79. The molecule has 1 rings (SSSR count). The van der Waals surface area contributed by atoms with Gasteiger partial charge in [-0.05, 0) is 33.1 Å². The molecular weight excluding hydrogens is 284 g/mol. The lowest BCUT2D eigenvalue weighted by molar-refractivity contribution is -0.387. The third-order valence-corrected chi connectivity index (χ3v) is 2.89. The molecule has 1 amide bonds. The Morgan fingerprint density at radius 2 is 1.86 bits per heavy atom. The predicted molar refractivity (Wildman–Crippen MR) is 73.1 cm³/mol. The Balaban J connectivity index is 2.94. The molecule has 0 aliphatic carbocycles. The molecule has 0 aliphatic rings. The summed E-state index contributed by atoms with van der Waals surface area (Å²) in [6.45, 7) is 1.06. The maximum Gasteiger partial charge on any atom is 0.308 e. The van der Waals surface area contributed by atoms with E-state index in [0.717, 1.165) is 6.54 Å². The monoisotopic (exact) mass is 301 g/mol. The minimum atomic E-state index is -1.31. The van der Waals surface area contributed by atoms with E-state index in [-0.39, 0.29) is 0 Å². The number of benzene rings is 1. The molecule has 0 heterocycles. The summed E-state index contributed by atoms with van der Waals surface area (Å²) < 4.78 is 27.2. The zero-order chi connectivity index (χ0) is 16.2. The molecular formula is C13H17F2N3O3. The molecule has 0 radical (unpaired) electrons. The molecule has 0 N–H and O–H groups in total. The first-order valence-corrected chi connectivity index (χ1v) is 6.27. The van der Waals surface area contributed by atoms with Crippen LogP contribution in [0.15, 0.2) is 12.1 Å². The van der Waals surface area contributed by atoms with Crippen LogP contribution in [0.1, 0.15) is 16.8 Å². The summed E-state index contributed by atoms with van der Waals surface area (Å²) in [5, 5.41) is 10.6. The number of nitrogens with zero attached hydrogens (tertiary/aromatic N) is 3. The van der Waals surface area contributed by atoms with Crippen LogP contribution in [0, 0.1) is 21.7 Å². The van der Waals surface area contributed by atoms with E-state index >= 15 is 0 Å². The van der Waals surface area contributed by atoms with Gasteiger partial charge in [0.25, 0.3) is 5.91 Å². The number of rotatable bonds is 6. The molecule has 0 saturated heterocycles. The second-order valence-corrected chi connectivity index (χ2v) is 4.93. The molecule has 0 atom stereocenters. The van der Waals surface area contributed by atoms with Crippen LogP contribution in [0.3, 0.4) is 0 Å². The number of carbonyl (C=O) groups is 1. The summed E-state index contributed by atoms with van der Waals surface area (Å²) in [5.41, 5.74) is -1.67. The zero-order valence-electron chi connectivity index (χ0n) is 12.1. The number of amides is 1. The molecule has 116 valence electrons. The van der Waals surface area contributed by atoms with Gasteiger partial charge >= 0.3 is 5.69 Å². The van der Waals surface area contributed by atoms with Crippen molar-refractivity contribution < 1.29 is 18.5 Å². The van der Waals surface area contributed by atoms with E-state index in [1.54, 1.807) is 0 Å². The summed E-state index contributed by atoms with van der Waals surface area (Å²) in [7, 11) is 5.18. The van der Waals surface area contributed by atoms with Gasteiger partial charge in [0.15, 0.2) is 0 Å².